The SMILES string of the molecule is CC1CN(S(=O)(=O)N2CSC[C@@H]2C(=O)O)CC(C)O1. The smallest absolute Gasteiger partial charge is 0.322 e. The van der Waals surface area contributed by atoms with Crippen LogP contribution in [0.1, 0.15) is 13.8 Å². The standard InChI is InChI=1S/C10H18N2O5S2/c1-7-3-11(4-8(2)17-7)19(15,16)12-6-18-5-9(12)10(13)14/h7-9H,3-6H2,1-2H3,(H,13,14)/t7?,8?,9-/m1/s1. The van der Waals surface area contributed by atoms with E-state index in [2.05, 4.69) is 0 Å². The molecule has 1 N–H and O–H groups in total. The lowest BCUT2D eigenvalue weighted by atomic mass is 10.3. The van der Waals surface area contributed by atoms with Crippen molar-refractivity contribution in [3.63, 3.8) is 0 Å². The maximum Gasteiger partial charge on any atom is 0.322 e. The second-order valence-electron chi connectivity index (χ2n) is 4.82. The topological polar surface area (TPSA) is 87.2 Å². The van der Waals surface area contributed by atoms with Crippen LogP contribution in [-0.2, 0) is 19.7 Å². The van der Waals surface area contributed by atoms with Gasteiger partial charge in [0.15, 0.2) is 0 Å². The van der Waals surface area contributed by atoms with Crippen molar-refractivity contribution < 1.29 is 23.1 Å². The summed E-state index contributed by atoms with van der Waals surface area (Å²) in [5.41, 5.74) is 0. The van der Waals surface area contributed by atoms with Gasteiger partial charge in [-0.1, -0.05) is 0 Å². The zero-order valence-corrected chi connectivity index (χ0v) is 12.5. The molecular formula is C10H18N2O5S2. The van der Waals surface area contributed by atoms with Gasteiger partial charge in [-0.2, -0.15) is 17.0 Å². The van der Waals surface area contributed by atoms with Gasteiger partial charge < -0.3 is 9.84 Å². The van der Waals surface area contributed by atoms with E-state index in [1.807, 2.05) is 13.8 Å². The highest BCUT2D eigenvalue weighted by atomic mass is 32.2. The van der Waals surface area contributed by atoms with E-state index in [0.717, 1.165) is 4.31 Å². The van der Waals surface area contributed by atoms with Crippen molar-refractivity contribution in [2.75, 3.05) is 24.7 Å². The van der Waals surface area contributed by atoms with Crippen molar-refractivity contribution in [2.45, 2.75) is 32.1 Å². The average Bonchev–Trinajstić information content (AvgIpc) is 2.76. The number of carbonyl (C=O) groups is 1. The fourth-order valence-corrected chi connectivity index (χ4v) is 5.76. The van der Waals surface area contributed by atoms with Gasteiger partial charge in [0.2, 0.25) is 0 Å². The van der Waals surface area contributed by atoms with Crippen LogP contribution in [-0.4, -0.2) is 71.1 Å². The van der Waals surface area contributed by atoms with Gasteiger partial charge in [0.25, 0.3) is 10.2 Å². The number of aliphatic carboxylic acids is 1. The maximum absolute atomic E-state index is 12.5. The monoisotopic (exact) mass is 310 g/mol. The van der Waals surface area contributed by atoms with Gasteiger partial charge in [0.05, 0.1) is 18.1 Å². The van der Waals surface area contributed by atoms with E-state index in [1.165, 1.54) is 16.1 Å². The van der Waals surface area contributed by atoms with Crippen LogP contribution in [0.25, 0.3) is 0 Å². The van der Waals surface area contributed by atoms with E-state index in [4.69, 9.17) is 9.84 Å². The molecule has 2 saturated heterocycles. The Hall–Kier alpha value is -0.350. The Kier molecular flexibility index (Phi) is 4.41. The third kappa shape index (κ3) is 3.05. The molecule has 110 valence electrons. The largest absolute Gasteiger partial charge is 0.480 e. The number of nitrogens with zero attached hydrogens (tertiary/aromatic N) is 2. The maximum atomic E-state index is 12.5. The number of carboxylic acid groups (broad SMARTS) is 1. The first-order chi connectivity index (χ1) is 8.82. The fourth-order valence-electron chi connectivity index (χ4n) is 2.32. The van der Waals surface area contributed by atoms with Gasteiger partial charge in [-0.05, 0) is 13.8 Å². The molecule has 2 fully saturated rings. The molecule has 2 aliphatic rings. The summed E-state index contributed by atoms with van der Waals surface area (Å²) < 4.78 is 32.9. The number of carboxylic acids is 1. The Balaban J connectivity index is 2.19. The van der Waals surface area contributed by atoms with Crippen LogP contribution >= 0.6 is 11.8 Å². The van der Waals surface area contributed by atoms with Crippen LogP contribution in [0.4, 0.5) is 0 Å². The molecule has 0 aliphatic carbocycles. The van der Waals surface area contributed by atoms with Crippen molar-refractivity contribution in [2.24, 2.45) is 0 Å². The third-order valence-corrected chi connectivity index (χ3v) is 6.24. The van der Waals surface area contributed by atoms with E-state index in [1.54, 1.807) is 0 Å². The molecule has 9 heteroatoms. The summed E-state index contributed by atoms with van der Waals surface area (Å²) in [6, 6.07) is -0.969. The van der Waals surface area contributed by atoms with Gasteiger partial charge in [0, 0.05) is 18.8 Å². The van der Waals surface area contributed by atoms with E-state index >= 15 is 0 Å². The van der Waals surface area contributed by atoms with E-state index in [-0.39, 0.29) is 31.2 Å². The number of thioether (sulfide) groups is 1. The predicted octanol–water partition coefficient (Wildman–Crippen LogP) is -0.200. The zero-order chi connectivity index (χ0) is 14.2. The van der Waals surface area contributed by atoms with Crippen LogP contribution in [0.3, 0.4) is 0 Å². The molecule has 2 aliphatic heterocycles. The van der Waals surface area contributed by atoms with E-state index in [0.29, 0.717) is 5.75 Å². The molecule has 0 amide bonds. The Bertz CT molecular complexity index is 445. The summed E-state index contributed by atoms with van der Waals surface area (Å²) in [4.78, 5) is 11.1. The number of morpholine rings is 1. The molecule has 2 heterocycles. The summed E-state index contributed by atoms with van der Waals surface area (Å²) in [6.07, 6.45) is -0.367. The molecule has 0 radical (unpaired) electrons. The molecule has 0 saturated carbocycles. The Morgan fingerprint density at radius 1 is 1.32 bits per heavy atom. The van der Waals surface area contributed by atoms with Crippen LogP contribution < -0.4 is 0 Å². The van der Waals surface area contributed by atoms with Crippen molar-refractivity contribution >= 4 is 27.9 Å². The van der Waals surface area contributed by atoms with E-state index < -0.39 is 22.2 Å². The van der Waals surface area contributed by atoms with Gasteiger partial charge in [-0.15, -0.1) is 11.8 Å². The quantitative estimate of drug-likeness (QED) is 0.777. The Labute approximate surface area is 117 Å². The molecule has 2 rings (SSSR count). The Morgan fingerprint density at radius 3 is 2.42 bits per heavy atom. The first-order valence-electron chi connectivity index (χ1n) is 6.05. The molecule has 0 aromatic carbocycles. The highest BCUT2D eigenvalue weighted by Gasteiger charge is 2.43. The molecule has 7 nitrogen and oxygen atoms in total. The Morgan fingerprint density at radius 2 is 1.89 bits per heavy atom. The highest BCUT2D eigenvalue weighted by molar-refractivity contribution is 8.00. The van der Waals surface area contributed by atoms with Crippen molar-refractivity contribution in [3.8, 4) is 0 Å². The second kappa shape index (κ2) is 5.57. The molecular weight excluding hydrogens is 292 g/mol. The van der Waals surface area contributed by atoms with Gasteiger partial charge >= 0.3 is 5.97 Å². The van der Waals surface area contributed by atoms with Crippen LogP contribution in [0.15, 0.2) is 0 Å². The molecule has 0 aromatic rings. The van der Waals surface area contributed by atoms with Crippen LogP contribution in [0.5, 0.6) is 0 Å². The van der Waals surface area contributed by atoms with Gasteiger partial charge in [0.1, 0.15) is 6.04 Å². The minimum absolute atomic E-state index is 0.183. The van der Waals surface area contributed by atoms with E-state index in [9.17, 15) is 13.2 Å². The molecule has 2 unspecified atom stereocenters. The summed E-state index contributed by atoms with van der Waals surface area (Å²) in [5, 5.41) is 9.09. The summed E-state index contributed by atoms with van der Waals surface area (Å²) in [6.45, 7) is 4.15. The molecule has 3 atom stereocenters. The summed E-state index contributed by atoms with van der Waals surface area (Å²) >= 11 is 1.32. The number of hydrogen-bond acceptors (Lipinski definition) is 5. The first-order valence-corrected chi connectivity index (χ1v) is 8.60. The predicted molar refractivity (Wildman–Crippen MR) is 71.1 cm³/mol. The fraction of sp³-hybridized carbons (Fsp3) is 0.900. The molecule has 0 spiro atoms. The number of rotatable bonds is 3. The normalized spacial score (nSPS) is 34.5. The molecule has 0 bridgehead atoms. The summed E-state index contributed by atoms with van der Waals surface area (Å²) in [5.74, 6) is -0.605. The number of ether oxygens (including phenoxy) is 1. The van der Waals surface area contributed by atoms with Crippen molar-refractivity contribution in [3.05, 3.63) is 0 Å². The van der Waals surface area contributed by atoms with Gasteiger partial charge in [-0.25, -0.2) is 0 Å². The third-order valence-electron chi connectivity index (χ3n) is 3.14. The molecule has 0 aromatic heterocycles. The average molecular weight is 310 g/mol. The summed E-state index contributed by atoms with van der Waals surface area (Å²) in [7, 11) is -3.74. The lowest BCUT2D eigenvalue weighted by Gasteiger charge is -2.37. The second-order valence-corrected chi connectivity index (χ2v) is 7.70. The lowest BCUT2D eigenvalue weighted by Crippen LogP contribution is -2.55. The minimum Gasteiger partial charge on any atom is -0.480 e. The minimum atomic E-state index is -3.74. The zero-order valence-electron chi connectivity index (χ0n) is 10.9. The van der Waals surface area contributed by atoms with Crippen molar-refractivity contribution in [1.29, 1.82) is 0 Å². The first kappa shape index (κ1) is 15.0. The lowest BCUT2D eigenvalue weighted by molar-refractivity contribution is -0.140. The highest BCUT2D eigenvalue weighted by Crippen LogP contribution is 2.27. The van der Waals surface area contributed by atoms with Gasteiger partial charge in [-0.3, -0.25) is 4.79 Å². The number of hydrogen-bond donors (Lipinski definition) is 1. The van der Waals surface area contributed by atoms with Crippen molar-refractivity contribution in [1.82, 2.24) is 8.61 Å². The molecule has 19 heavy (non-hydrogen) atoms. The van der Waals surface area contributed by atoms with Crippen LogP contribution in [0.2, 0.25) is 0 Å². The van der Waals surface area contributed by atoms with Crippen LogP contribution in [0, 0.1) is 0 Å².